The predicted octanol–water partition coefficient (Wildman–Crippen LogP) is 16.4. The van der Waals surface area contributed by atoms with Gasteiger partial charge in [-0.25, -0.2) is 4.79 Å². The van der Waals surface area contributed by atoms with Gasteiger partial charge in [0.05, 0.1) is 51.0 Å². The Morgan fingerprint density at radius 3 is 1.47 bits per heavy atom. The number of hydrogen-bond donors (Lipinski definition) is 2. The second kappa shape index (κ2) is 39.4. The van der Waals surface area contributed by atoms with Gasteiger partial charge in [-0.05, 0) is 167 Å². The highest BCUT2D eigenvalue weighted by atomic mass is 16.7. The number of aliphatic hydroxyl groups is 1. The van der Waals surface area contributed by atoms with E-state index in [1.54, 1.807) is 32.7 Å². The summed E-state index contributed by atoms with van der Waals surface area (Å²) >= 11 is 0. The lowest BCUT2D eigenvalue weighted by atomic mass is 9.79. The number of para-hydroxylation sites is 4. The molecule has 0 radical (unpaired) electrons. The Labute approximate surface area is 744 Å². The van der Waals surface area contributed by atoms with E-state index in [4.69, 9.17) is 14.0 Å². The third kappa shape index (κ3) is 20.0. The van der Waals surface area contributed by atoms with Crippen LogP contribution in [0.5, 0.6) is 0 Å². The molecule has 3 aliphatic rings. The average molecular weight is 1710 g/mol. The Balaban J connectivity index is 0.000000430. The van der Waals surface area contributed by atoms with Crippen molar-refractivity contribution >= 4 is 109 Å². The molecule has 5 heterocycles. The largest absolute Gasteiger partial charge is 0.494 e. The standard InChI is InChI=1S/C80H105N7O11.C24H24BNO2/c1-17-51(9)61-47-67(88)65-36-27-41-86(65)77(94)66(45-54-30-26-31-56(43-54)55-37-39-58(40-38-55)87-63-34-24-22-32-59(63)60-33-23-25-35-64(60)87)82(13)76(93)62(44-53-28-20-19-21-29-53)81-73(90)70(50(7)8)84(15)78(95)71(52(10)18-2)98-79(96)72(80(11,12)97)85(16)74(91)57(42-48(3)4)46-68(89)69(49(5)6)83(14)75(61)92;1-23(2)24(3,4)28-25(27-23)17-13-15-18(16-14-17)26-21-11-7-5-9-19(21)20-10-6-8-12-22(20)26/h19-26,28-35,37-40,43,48-52,57,61-62,65-66,69-72,97H,17-18,27,36,41-42,44-47H2,1-16H3,(H,81,90);5-16H,1-4H3/t51?,52?,57?,61-,62-,65-,66-,69-,70-,71+,72+;/m0./s1. The molecular weight excluding hydrogens is 1580 g/mol. The first-order valence-corrected chi connectivity index (χ1v) is 45.1. The van der Waals surface area contributed by atoms with Gasteiger partial charge in [-0.15, -0.1) is 0 Å². The highest BCUT2D eigenvalue weighted by molar-refractivity contribution is 6.62. The van der Waals surface area contributed by atoms with Gasteiger partial charge in [0, 0.05) is 111 Å². The quantitative estimate of drug-likeness (QED) is 0.0638. The minimum absolute atomic E-state index is 0.00351. The van der Waals surface area contributed by atoms with E-state index < -0.39 is 125 Å². The number of ketones is 2. The number of cyclic esters (lactones) is 1. The number of amides is 6. The number of rotatable bonds is 17. The fourth-order valence-electron chi connectivity index (χ4n) is 18.9. The molecule has 2 aromatic heterocycles. The second-order valence-electron chi connectivity index (χ2n) is 38.0. The maximum Gasteiger partial charge on any atom is 0.494 e. The van der Waals surface area contributed by atoms with E-state index in [0.29, 0.717) is 36.8 Å². The molecule has 22 heteroatoms. The molecular formula is C104H129BN8O13. The lowest BCUT2D eigenvalue weighted by molar-refractivity contribution is -0.178. The van der Waals surface area contributed by atoms with Gasteiger partial charge in [0.25, 0.3) is 5.91 Å². The Morgan fingerprint density at radius 2 is 0.976 bits per heavy atom. The topological polar surface area (TPSA) is 240 Å². The first kappa shape index (κ1) is 94.1. The first-order valence-electron chi connectivity index (χ1n) is 45.1. The number of esters is 1. The van der Waals surface area contributed by atoms with Crippen molar-refractivity contribution in [3.8, 4) is 22.5 Å². The van der Waals surface area contributed by atoms with E-state index in [2.05, 4.69) is 163 Å². The van der Waals surface area contributed by atoms with Crippen LogP contribution in [0, 0.1) is 41.4 Å². The molecule has 0 bridgehead atoms. The number of nitrogens with one attached hydrogen (secondary N) is 1. The zero-order chi connectivity index (χ0) is 91.3. The van der Waals surface area contributed by atoms with Gasteiger partial charge in [-0.2, -0.15) is 0 Å². The molecule has 11 atom stereocenters. The van der Waals surface area contributed by atoms with Crippen LogP contribution in [-0.2, 0) is 70.0 Å². The van der Waals surface area contributed by atoms with E-state index >= 15 is 38.4 Å². The number of aromatic nitrogens is 2. The van der Waals surface area contributed by atoms with Crippen LogP contribution >= 0.6 is 0 Å². The molecule has 10 aromatic rings. The summed E-state index contributed by atoms with van der Waals surface area (Å²) in [5.74, 6) is -9.57. The van der Waals surface area contributed by atoms with Gasteiger partial charge < -0.3 is 58.1 Å². The van der Waals surface area contributed by atoms with Crippen LogP contribution in [-0.4, -0.2) is 193 Å². The summed E-state index contributed by atoms with van der Waals surface area (Å²) in [5, 5.41) is 19.7. The monoisotopic (exact) mass is 1710 g/mol. The molecule has 8 aromatic carbocycles. The summed E-state index contributed by atoms with van der Waals surface area (Å²) in [6, 6.07) is 60.0. The summed E-state index contributed by atoms with van der Waals surface area (Å²) in [7, 11) is 5.54. The van der Waals surface area contributed by atoms with Crippen molar-refractivity contribution in [2.24, 2.45) is 41.4 Å². The predicted molar refractivity (Wildman–Crippen MR) is 500 cm³/mol. The zero-order valence-corrected chi connectivity index (χ0v) is 77.3. The van der Waals surface area contributed by atoms with Crippen molar-refractivity contribution in [3.63, 3.8) is 0 Å². The normalized spacial score (nSPS) is 22.6. The highest BCUT2D eigenvalue weighted by Crippen LogP contribution is 2.40. The number of carbonyl (C=O) groups is 9. The number of ether oxygens (including phenoxy) is 1. The van der Waals surface area contributed by atoms with Crippen LogP contribution in [0.1, 0.15) is 167 Å². The van der Waals surface area contributed by atoms with Gasteiger partial charge >= 0.3 is 13.1 Å². The van der Waals surface area contributed by atoms with Gasteiger partial charge in [0.15, 0.2) is 23.7 Å². The highest BCUT2D eigenvalue weighted by Gasteiger charge is 2.53. The molecule has 0 spiro atoms. The summed E-state index contributed by atoms with van der Waals surface area (Å²) in [5.41, 5.74) is 8.30. The van der Waals surface area contributed by atoms with Crippen LogP contribution < -0.4 is 10.8 Å². The van der Waals surface area contributed by atoms with Gasteiger partial charge in [0.2, 0.25) is 29.5 Å². The zero-order valence-electron chi connectivity index (χ0n) is 77.3. The van der Waals surface area contributed by atoms with Crippen LogP contribution in [0.2, 0.25) is 0 Å². The average Bonchev–Trinajstić information content (AvgIpc) is 1.60. The van der Waals surface area contributed by atoms with Gasteiger partial charge in [-0.1, -0.05) is 227 Å². The summed E-state index contributed by atoms with van der Waals surface area (Å²) < 4.78 is 23.1. The van der Waals surface area contributed by atoms with Gasteiger partial charge in [0.1, 0.15) is 18.1 Å². The number of Topliss-reactive ketones (excluding diaryl/α,β-unsaturated/α-hetero) is 2. The Morgan fingerprint density at radius 1 is 0.492 bits per heavy atom. The maximum absolute atomic E-state index is 16.0. The number of hydrogen-bond acceptors (Lipinski definition) is 13. The number of likely N-dealkylation sites (N-methyl/N-ethyl adjacent to an activating group) is 4. The SMILES string of the molecule is CC1(C)OB(c2ccc(-n3c4ccccc4c4ccccc43)cc2)OC1(C)C.CCC(C)[C@@H]1CC(=O)[C@@H]2CCCN2C(=O)[C@H](Cc2cccc(-c3ccc(-n4c5ccccc5c5ccccc54)cc3)c2)N(C)C(=O)[C@H](Cc2ccccc2)NC(=O)[C@H](C(C)C)N(C)C(=O)[C@@H](C(C)CC)OC(=O)[C@H](C(C)(C)O)N(C)C(=O)C(CC(C)C)CC(=O)[C@H](C(C)C)N(C)C1=O. The summed E-state index contributed by atoms with van der Waals surface area (Å²) in [4.78, 5) is 144. The number of nitrogens with zero attached hydrogens (tertiary/aromatic N) is 7. The Bertz CT molecular complexity index is 5470. The minimum Gasteiger partial charge on any atom is -0.450 e. The summed E-state index contributed by atoms with van der Waals surface area (Å²) in [6.07, 6.45) is -0.323. The molecule has 0 saturated carbocycles. The van der Waals surface area contributed by atoms with Crippen molar-refractivity contribution in [1.82, 2.24) is 39.0 Å². The van der Waals surface area contributed by atoms with E-state index in [-0.39, 0.29) is 74.6 Å². The molecule has 13 rings (SSSR count). The van der Waals surface area contributed by atoms with Crippen molar-refractivity contribution < 1.29 is 62.3 Å². The molecule has 21 nitrogen and oxygen atoms in total. The van der Waals surface area contributed by atoms with Gasteiger partial charge in [-0.3, -0.25) is 38.4 Å². The number of fused-ring (bicyclic) bond motifs is 7. The maximum atomic E-state index is 16.0. The van der Waals surface area contributed by atoms with E-state index in [1.165, 1.54) is 71.5 Å². The molecule has 126 heavy (non-hydrogen) atoms. The lowest BCUT2D eigenvalue weighted by Gasteiger charge is -2.39. The lowest BCUT2D eigenvalue weighted by Crippen LogP contribution is -2.61. The van der Waals surface area contributed by atoms with Crippen LogP contribution in [0.25, 0.3) is 66.1 Å². The molecule has 3 fully saturated rings. The van der Waals surface area contributed by atoms with E-state index in [1.807, 2.05) is 127 Å². The van der Waals surface area contributed by atoms with Crippen molar-refractivity contribution in [3.05, 3.63) is 211 Å². The van der Waals surface area contributed by atoms with E-state index in [0.717, 1.165) is 54.7 Å². The van der Waals surface area contributed by atoms with Crippen LogP contribution in [0.4, 0.5) is 0 Å². The minimum atomic E-state index is -1.96. The van der Waals surface area contributed by atoms with E-state index in [9.17, 15) is 9.90 Å². The Kier molecular flexibility index (Phi) is 29.5. The fourth-order valence-corrected chi connectivity index (χ4v) is 18.9. The fraction of sp³-hybridized carbons (Fsp3) is 0.452. The van der Waals surface area contributed by atoms with Crippen LogP contribution in [0.15, 0.2) is 200 Å². The van der Waals surface area contributed by atoms with Crippen molar-refractivity contribution in [1.29, 1.82) is 0 Å². The number of carbonyl (C=O) groups excluding carboxylic acids is 9. The van der Waals surface area contributed by atoms with Crippen molar-refractivity contribution in [2.45, 2.75) is 228 Å². The molecule has 3 unspecified atom stereocenters. The number of benzene rings is 8. The molecule has 6 amide bonds. The first-order chi connectivity index (χ1) is 59.8. The summed E-state index contributed by atoms with van der Waals surface area (Å²) in [6.45, 7) is 29.5. The third-order valence-electron chi connectivity index (χ3n) is 26.8. The van der Waals surface area contributed by atoms with Crippen LogP contribution in [0.3, 0.4) is 0 Å². The molecule has 3 saturated heterocycles. The molecule has 666 valence electrons. The molecule has 3 aliphatic heterocycles. The van der Waals surface area contributed by atoms with Crippen molar-refractivity contribution in [2.75, 3.05) is 34.7 Å². The second-order valence-corrected chi connectivity index (χ2v) is 38.0. The Hall–Kier alpha value is -11.1. The smallest absolute Gasteiger partial charge is 0.450 e. The molecule has 0 aliphatic carbocycles. The third-order valence-corrected chi connectivity index (χ3v) is 26.8. The molecule has 2 N–H and O–H groups in total.